The van der Waals surface area contributed by atoms with Gasteiger partial charge in [0.1, 0.15) is 5.82 Å². The molecule has 0 aliphatic carbocycles. The highest BCUT2D eigenvalue weighted by Gasteiger charge is 1.99. The first kappa shape index (κ1) is 16.4. The van der Waals surface area contributed by atoms with Crippen LogP contribution in [-0.2, 0) is 11.2 Å². The van der Waals surface area contributed by atoms with E-state index in [0.29, 0.717) is 26.3 Å². The van der Waals surface area contributed by atoms with Crippen molar-refractivity contribution in [3.63, 3.8) is 0 Å². The Bertz CT molecular complexity index is 399. The summed E-state index contributed by atoms with van der Waals surface area (Å²) in [7, 11) is 0. The van der Waals surface area contributed by atoms with Gasteiger partial charge < -0.3 is 15.4 Å². The summed E-state index contributed by atoms with van der Waals surface area (Å²) in [5.41, 5.74) is 0.948. The van der Waals surface area contributed by atoms with Gasteiger partial charge in [0.05, 0.1) is 0 Å². The summed E-state index contributed by atoms with van der Waals surface area (Å²) in [5, 5.41) is 5.53. The second-order valence-corrected chi connectivity index (χ2v) is 4.47. The molecule has 0 fully saturated rings. The van der Waals surface area contributed by atoms with Gasteiger partial charge in [-0.05, 0) is 43.9 Å². The molecule has 0 radical (unpaired) electrons. The van der Waals surface area contributed by atoms with E-state index in [4.69, 9.17) is 4.74 Å². The van der Waals surface area contributed by atoms with Crippen molar-refractivity contribution in [2.75, 3.05) is 26.3 Å². The first-order chi connectivity index (χ1) is 9.72. The number of aryl methyl sites for hydroxylation is 1. The minimum Gasteiger partial charge on any atom is -0.382 e. The van der Waals surface area contributed by atoms with Crippen LogP contribution < -0.4 is 10.6 Å². The number of halogens is 1. The third-order valence-corrected chi connectivity index (χ3v) is 2.77. The lowest BCUT2D eigenvalue weighted by atomic mass is 10.1. The van der Waals surface area contributed by atoms with Gasteiger partial charge in [0.15, 0.2) is 0 Å². The Morgan fingerprint density at radius 3 is 2.70 bits per heavy atom. The monoisotopic (exact) mass is 282 g/mol. The number of carbonyl (C=O) groups excluding carboxylic acids is 1. The van der Waals surface area contributed by atoms with Gasteiger partial charge in [-0.15, -0.1) is 0 Å². The van der Waals surface area contributed by atoms with Crippen LogP contribution in [0.1, 0.15) is 25.3 Å². The van der Waals surface area contributed by atoms with E-state index < -0.39 is 0 Å². The predicted octanol–water partition coefficient (Wildman–Crippen LogP) is 2.48. The summed E-state index contributed by atoms with van der Waals surface area (Å²) >= 11 is 0. The topological polar surface area (TPSA) is 50.4 Å². The maximum Gasteiger partial charge on any atom is 0.314 e. The molecule has 112 valence electrons. The average molecular weight is 282 g/mol. The van der Waals surface area contributed by atoms with E-state index >= 15 is 0 Å². The summed E-state index contributed by atoms with van der Waals surface area (Å²) in [6, 6.07) is 6.37. The Morgan fingerprint density at radius 2 is 2.00 bits per heavy atom. The molecule has 0 aromatic heterocycles. The lowest BCUT2D eigenvalue weighted by Crippen LogP contribution is -2.36. The van der Waals surface area contributed by atoms with Gasteiger partial charge in [0, 0.05) is 26.3 Å². The molecule has 0 spiro atoms. The number of benzene rings is 1. The molecule has 1 aromatic rings. The van der Waals surface area contributed by atoms with Crippen LogP contribution in [0.25, 0.3) is 0 Å². The number of ether oxygens (including phenoxy) is 1. The number of nitrogens with one attached hydrogen (secondary N) is 2. The van der Waals surface area contributed by atoms with Crippen LogP contribution in [-0.4, -0.2) is 32.3 Å². The minimum atomic E-state index is -0.220. The maximum atomic E-state index is 12.9. The standard InChI is InChI=1S/C15H23FN2O2/c1-2-20-11-5-10-18-15(19)17-9-4-7-13-6-3-8-14(16)12-13/h3,6,8,12H,2,4-5,7,9-11H2,1H3,(H2,17,18,19). The molecule has 2 N–H and O–H groups in total. The number of urea groups is 1. The van der Waals surface area contributed by atoms with Crippen molar-refractivity contribution in [2.45, 2.75) is 26.2 Å². The Kier molecular flexibility index (Phi) is 8.38. The summed E-state index contributed by atoms with van der Waals surface area (Å²) in [6.45, 7) is 4.49. The second kappa shape index (κ2) is 10.2. The SMILES string of the molecule is CCOCCCNC(=O)NCCCc1cccc(F)c1. The fourth-order valence-electron chi connectivity index (χ4n) is 1.77. The Balaban J connectivity index is 2.02. The molecule has 0 saturated carbocycles. The van der Waals surface area contributed by atoms with Crippen molar-refractivity contribution >= 4 is 6.03 Å². The highest BCUT2D eigenvalue weighted by molar-refractivity contribution is 5.73. The number of hydrogen-bond donors (Lipinski definition) is 2. The molecule has 20 heavy (non-hydrogen) atoms. The van der Waals surface area contributed by atoms with Crippen LogP contribution in [0.4, 0.5) is 9.18 Å². The highest BCUT2D eigenvalue weighted by atomic mass is 19.1. The molecular formula is C15H23FN2O2. The number of hydrogen-bond acceptors (Lipinski definition) is 2. The van der Waals surface area contributed by atoms with E-state index in [2.05, 4.69) is 10.6 Å². The lowest BCUT2D eigenvalue weighted by Gasteiger charge is -2.07. The zero-order valence-corrected chi connectivity index (χ0v) is 12.0. The summed E-state index contributed by atoms with van der Waals surface area (Å²) in [4.78, 5) is 11.4. The largest absolute Gasteiger partial charge is 0.382 e. The van der Waals surface area contributed by atoms with E-state index in [1.165, 1.54) is 12.1 Å². The normalized spacial score (nSPS) is 10.3. The first-order valence-electron chi connectivity index (χ1n) is 7.06. The van der Waals surface area contributed by atoms with Crippen molar-refractivity contribution in [1.29, 1.82) is 0 Å². The van der Waals surface area contributed by atoms with E-state index in [9.17, 15) is 9.18 Å². The second-order valence-electron chi connectivity index (χ2n) is 4.47. The van der Waals surface area contributed by atoms with Crippen LogP contribution in [0.2, 0.25) is 0 Å². The van der Waals surface area contributed by atoms with Crippen LogP contribution >= 0.6 is 0 Å². The third-order valence-electron chi connectivity index (χ3n) is 2.77. The first-order valence-corrected chi connectivity index (χ1v) is 7.06. The predicted molar refractivity (Wildman–Crippen MR) is 77.2 cm³/mol. The van der Waals surface area contributed by atoms with E-state index in [1.807, 2.05) is 13.0 Å². The van der Waals surface area contributed by atoms with Crippen molar-refractivity contribution < 1.29 is 13.9 Å². The Morgan fingerprint density at radius 1 is 1.25 bits per heavy atom. The molecule has 4 nitrogen and oxygen atoms in total. The molecule has 5 heteroatoms. The van der Waals surface area contributed by atoms with Crippen molar-refractivity contribution in [3.8, 4) is 0 Å². The van der Waals surface area contributed by atoms with Gasteiger partial charge in [0.2, 0.25) is 0 Å². The highest BCUT2D eigenvalue weighted by Crippen LogP contribution is 2.05. The van der Waals surface area contributed by atoms with Gasteiger partial charge in [-0.2, -0.15) is 0 Å². The van der Waals surface area contributed by atoms with E-state index in [1.54, 1.807) is 6.07 Å². The van der Waals surface area contributed by atoms with E-state index in [-0.39, 0.29) is 11.8 Å². The third kappa shape index (κ3) is 7.74. The molecule has 0 unspecified atom stereocenters. The average Bonchev–Trinajstić information content (AvgIpc) is 2.43. The van der Waals surface area contributed by atoms with Crippen LogP contribution in [0.15, 0.2) is 24.3 Å². The van der Waals surface area contributed by atoms with Crippen LogP contribution in [0.3, 0.4) is 0 Å². The summed E-state index contributed by atoms with van der Waals surface area (Å²) in [5.74, 6) is -0.220. The van der Waals surface area contributed by atoms with Crippen LogP contribution in [0, 0.1) is 5.82 Å². The number of carbonyl (C=O) groups is 1. The van der Waals surface area contributed by atoms with Crippen LogP contribution in [0.5, 0.6) is 0 Å². The number of amides is 2. The zero-order chi connectivity index (χ0) is 14.6. The fourth-order valence-corrected chi connectivity index (χ4v) is 1.77. The molecule has 0 bridgehead atoms. The quantitative estimate of drug-likeness (QED) is 0.684. The molecule has 0 atom stereocenters. The summed E-state index contributed by atoms with van der Waals surface area (Å²) < 4.78 is 18.1. The van der Waals surface area contributed by atoms with Gasteiger partial charge in [0.25, 0.3) is 0 Å². The van der Waals surface area contributed by atoms with Gasteiger partial charge >= 0.3 is 6.03 Å². The zero-order valence-electron chi connectivity index (χ0n) is 12.0. The molecule has 0 heterocycles. The van der Waals surface area contributed by atoms with Gasteiger partial charge in [-0.25, -0.2) is 9.18 Å². The van der Waals surface area contributed by atoms with Gasteiger partial charge in [-0.3, -0.25) is 0 Å². The molecule has 1 rings (SSSR count). The molecule has 0 aliphatic rings. The maximum absolute atomic E-state index is 12.9. The molecule has 0 aliphatic heterocycles. The Hall–Kier alpha value is -1.62. The Labute approximate surface area is 119 Å². The summed E-state index contributed by atoms with van der Waals surface area (Å²) in [6.07, 6.45) is 2.35. The molecule has 2 amide bonds. The van der Waals surface area contributed by atoms with Crippen molar-refractivity contribution in [3.05, 3.63) is 35.6 Å². The minimum absolute atomic E-state index is 0.166. The lowest BCUT2D eigenvalue weighted by molar-refractivity contribution is 0.145. The van der Waals surface area contributed by atoms with Gasteiger partial charge in [-0.1, -0.05) is 12.1 Å². The van der Waals surface area contributed by atoms with Crippen molar-refractivity contribution in [2.24, 2.45) is 0 Å². The van der Waals surface area contributed by atoms with E-state index in [0.717, 1.165) is 24.8 Å². The smallest absolute Gasteiger partial charge is 0.314 e. The molecule has 1 aromatic carbocycles. The fraction of sp³-hybridized carbons (Fsp3) is 0.533. The number of rotatable bonds is 9. The van der Waals surface area contributed by atoms with Crippen molar-refractivity contribution in [1.82, 2.24) is 10.6 Å². The molecule has 0 saturated heterocycles. The molecular weight excluding hydrogens is 259 g/mol.